The summed E-state index contributed by atoms with van der Waals surface area (Å²) in [5, 5.41) is 25.4. The van der Waals surface area contributed by atoms with Gasteiger partial charge in [-0.3, -0.25) is 4.79 Å². The molecule has 230 valence electrons. The summed E-state index contributed by atoms with van der Waals surface area (Å²) in [5.41, 5.74) is 0. The van der Waals surface area contributed by atoms with Crippen LogP contribution in [0.4, 0.5) is 0 Å². The summed E-state index contributed by atoms with van der Waals surface area (Å²) in [4.78, 5) is 11.2. The van der Waals surface area contributed by atoms with E-state index in [1.165, 1.54) is 141 Å². The summed E-state index contributed by atoms with van der Waals surface area (Å²) in [6.07, 6.45) is 32.7. The minimum Gasteiger partial charge on any atom is -0.481 e. The van der Waals surface area contributed by atoms with Crippen molar-refractivity contribution in [2.75, 3.05) is 26.4 Å². The standard InChI is InChI=1S/C29H58O2.C4H10O3/c1-3-5-7-9-11-13-15-16-18-20-22-24-26-28(27-29(30)31)25-23-21-19-17-14-12-10-8-6-4-2;5-1-3-7-4-2-6/h28H,3-27H2,1-2H3,(H,30,31);5-6H,1-4H2. The topological polar surface area (TPSA) is 87.0 Å². The predicted octanol–water partition coefficient (Wildman–Crippen LogP) is 9.47. The minimum absolute atomic E-state index is 0.0278. The maximum absolute atomic E-state index is 11.2. The molecule has 0 aromatic heterocycles. The maximum Gasteiger partial charge on any atom is 0.303 e. The van der Waals surface area contributed by atoms with Gasteiger partial charge in [-0.05, 0) is 18.8 Å². The van der Waals surface area contributed by atoms with E-state index in [4.69, 9.17) is 10.2 Å². The summed E-state index contributed by atoms with van der Waals surface area (Å²) in [6, 6.07) is 0. The second kappa shape index (κ2) is 36.4. The Hall–Kier alpha value is -0.650. The van der Waals surface area contributed by atoms with E-state index in [1.54, 1.807) is 0 Å². The van der Waals surface area contributed by atoms with Crippen LogP contribution in [-0.2, 0) is 9.53 Å². The molecule has 0 fully saturated rings. The van der Waals surface area contributed by atoms with E-state index in [1.807, 2.05) is 0 Å². The Labute approximate surface area is 237 Å². The number of hydrogen-bond acceptors (Lipinski definition) is 4. The van der Waals surface area contributed by atoms with Gasteiger partial charge in [-0.1, -0.05) is 155 Å². The second-order valence-corrected chi connectivity index (χ2v) is 11.2. The first-order valence-electron chi connectivity index (χ1n) is 16.6. The zero-order valence-electron chi connectivity index (χ0n) is 25.7. The Morgan fingerprint density at radius 1 is 0.526 bits per heavy atom. The normalized spacial score (nSPS) is 11.8. The molecule has 0 aliphatic rings. The lowest BCUT2D eigenvalue weighted by molar-refractivity contribution is -0.138. The molecule has 3 N–H and O–H groups in total. The Bertz CT molecular complexity index is 426. The quantitative estimate of drug-likeness (QED) is 0.0784. The number of carboxylic acid groups (broad SMARTS) is 1. The van der Waals surface area contributed by atoms with Crippen LogP contribution >= 0.6 is 0 Å². The molecule has 38 heavy (non-hydrogen) atoms. The van der Waals surface area contributed by atoms with Crippen molar-refractivity contribution < 1.29 is 24.9 Å². The average Bonchev–Trinajstić information content (AvgIpc) is 2.90. The van der Waals surface area contributed by atoms with Gasteiger partial charge in [0.15, 0.2) is 0 Å². The molecule has 0 aliphatic heterocycles. The molecule has 1 unspecified atom stereocenters. The summed E-state index contributed by atoms with van der Waals surface area (Å²) in [7, 11) is 0. The van der Waals surface area contributed by atoms with Gasteiger partial charge < -0.3 is 20.1 Å². The molecule has 0 aliphatic carbocycles. The van der Waals surface area contributed by atoms with Crippen molar-refractivity contribution in [1.29, 1.82) is 0 Å². The second-order valence-electron chi connectivity index (χ2n) is 11.2. The molecule has 0 radical (unpaired) electrons. The van der Waals surface area contributed by atoms with Gasteiger partial charge in [0, 0.05) is 6.42 Å². The minimum atomic E-state index is -0.601. The molecule has 1 atom stereocenters. The molecule has 5 heteroatoms. The molecule has 0 amide bonds. The number of ether oxygens (including phenoxy) is 1. The Balaban J connectivity index is 0. The molecular weight excluding hydrogens is 476 g/mol. The van der Waals surface area contributed by atoms with Crippen molar-refractivity contribution >= 4 is 5.97 Å². The number of aliphatic hydroxyl groups is 2. The highest BCUT2D eigenvalue weighted by molar-refractivity contribution is 5.66. The number of hydrogen-bond donors (Lipinski definition) is 3. The van der Waals surface area contributed by atoms with Gasteiger partial charge >= 0.3 is 5.97 Å². The number of aliphatic carboxylic acids is 1. The van der Waals surface area contributed by atoms with Crippen LogP contribution < -0.4 is 0 Å². The number of rotatable bonds is 30. The first-order valence-corrected chi connectivity index (χ1v) is 16.6. The van der Waals surface area contributed by atoms with Gasteiger partial charge in [0.1, 0.15) is 0 Å². The van der Waals surface area contributed by atoms with Crippen molar-refractivity contribution in [2.24, 2.45) is 5.92 Å². The van der Waals surface area contributed by atoms with Gasteiger partial charge in [-0.2, -0.15) is 0 Å². The average molecular weight is 545 g/mol. The lowest BCUT2D eigenvalue weighted by Gasteiger charge is -2.14. The monoisotopic (exact) mass is 545 g/mol. The molecule has 0 aromatic carbocycles. The number of carboxylic acids is 1. The third-order valence-electron chi connectivity index (χ3n) is 7.37. The van der Waals surface area contributed by atoms with Crippen molar-refractivity contribution in [1.82, 2.24) is 0 Å². The predicted molar refractivity (Wildman–Crippen MR) is 163 cm³/mol. The van der Waals surface area contributed by atoms with Crippen LogP contribution in [0.1, 0.15) is 174 Å². The highest BCUT2D eigenvalue weighted by Gasteiger charge is 2.12. The lowest BCUT2D eigenvalue weighted by atomic mass is 9.91. The fourth-order valence-corrected chi connectivity index (χ4v) is 5.02. The third kappa shape index (κ3) is 37.5. The Morgan fingerprint density at radius 2 is 0.816 bits per heavy atom. The molecule has 0 saturated carbocycles. The molecule has 0 rings (SSSR count). The van der Waals surface area contributed by atoms with Crippen LogP contribution in [-0.4, -0.2) is 47.7 Å². The van der Waals surface area contributed by atoms with Crippen molar-refractivity contribution in [3.05, 3.63) is 0 Å². The Morgan fingerprint density at radius 3 is 1.08 bits per heavy atom. The highest BCUT2D eigenvalue weighted by Crippen LogP contribution is 2.22. The van der Waals surface area contributed by atoms with Gasteiger partial charge in [-0.15, -0.1) is 0 Å². The van der Waals surface area contributed by atoms with E-state index in [0.717, 1.165) is 12.8 Å². The molecular formula is C33H68O5. The van der Waals surface area contributed by atoms with Gasteiger partial charge in [0.25, 0.3) is 0 Å². The number of carbonyl (C=O) groups is 1. The van der Waals surface area contributed by atoms with Crippen molar-refractivity contribution in [2.45, 2.75) is 174 Å². The molecule has 0 bridgehead atoms. The van der Waals surface area contributed by atoms with Gasteiger partial charge in [-0.25, -0.2) is 0 Å². The van der Waals surface area contributed by atoms with Crippen LogP contribution in [0.25, 0.3) is 0 Å². The third-order valence-corrected chi connectivity index (χ3v) is 7.37. The fourth-order valence-electron chi connectivity index (χ4n) is 5.02. The summed E-state index contributed by atoms with van der Waals surface area (Å²) < 4.78 is 4.63. The summed E-state index contributed by atoms with van der Waals surface area (Å²) in [6.45, 7) is 5.25. The molecule has 5 nitrogen and oxygen atoms in total. The van der Waals surface area contributed by atoms with E-state index in [-0.39, 0.29) is 13.2 Å². The van der Waals surface area contributed by atoms with Crippen LogP contribution in [0, 0.1) is 5.92 Å². The maximum atomic E-state index is 11.2. The fraction of sp³-hybridized carbons (Fsp3) is 0.970. The first-order chi connectivity index (χ1) is 18.6. The van der Waals surface area contributed by atoms with Gasteiger partial charge in [0.05, 0.1) is 26.4 Å². The molecule has 0 spiro atoms. The van der Waals surface area contributed by atoms with E-state index in [0.29, 0.717) is 25.6 Å². The molecule has 0 saturated heterocycles. The van der Waals surface area contributed by atoms with E-state index in [9.17, 15) is 9.90 Å². The lowest BCUT2D eigenvalue weighted by Crippen LogP contribution is -2.08. The number of unbranched alkanes of at least 4 members (excludes halogenated alkanes) is 20. The Kier molecular flexibility index (Phi) is 37.8. The SMILES string of the molecule is CCCCCCCCCCCCCCC(CCCCCCCCCCCC)CC(=O)O.OCCOCCO. The van der Waals surface area contributed by atoms with E-state index < -0.39 is 5.97 Å². The first kappa shape index (κ1) is 39.5. The van der Waals surface area contributed by atoms with Gasteiger partial charge in [0.2, 0.25) is 0 Å². The van der Waals surface area contributed by atoms with Crippen LogP contribution in [0.15, 0.2) is 0 Å². The van der Waals surface area contributed by atoms with Crippen molar-refractivity contribution in [3.63, 3.8) is 0 Å². The van der Waals surface area contributed by atoms with E-state index in [2.05, 4.69) is 18.6 Å². The summed E-state index contributed by atoms with van der Waals surface area (Å²) >= 11 is 0. The van der Waals surface area contributed by atoms with Crippen LogP contribution in [0.5, 0.6) is 0 Å². The molecule has 0 aromatic rings. The largest absolute Gasteiger partial charge is 0.481 e. The van der Waals surface area contributed by atoms with E-state index >= 15 is 0 Å². The zero-order valence-corrected chi connectivity index (χ0v) is 25.7. The zero-order chi connectivity index (χ0) is 28.4. The van der Waals surface area contributed by atoms with Crippen LogP contribution in [0.3, 0.4) is 0 Å². The smallest absolute Gasteiger partial charge is 0.303 e. The highest BCUT2D eigenvalue weighted by atomic mass is 16.5. The number of aliphatic hydroxyl groups excluding tert-OH is 2. The summed E-state index contributed by atoms with van der Waals surface area (Å²) in [5.74, 6) is -0.189. The molecule has 0 heterocycles. The van der Waals surface area contributed by atoms with Crippen LogP contribution in [0.2, 0.25) is 0 Å². The van der Waals surface area contributed by atoms with Crippen molar-refractivity contribution in [3.8, 4) is 0 Å².